The van der Waals surface area contributed by atoms with Crippen molar-refractivity contribution in [3.63, 3.8) is 0 Å². The van der Waals surface area contributed by atoms with Gasteiger partial charge in [0, 0.05) is 36.7 Å². The summed E-state index contributed by atoms with van der Waals surface area (Å²) in [5, 5.41) is 0.605. The van der Waals surface area contributed by atoms with Crippen LogP contribution in [0.15, 0.2) is 24.0 Å². The Hall–Kier alpha value is -0.520. The molecule has 0 radical (unpaired) electrons. The number of hydrogen-bond acceptors (Lipinski definition) is 5. The molecule has 5 heteroatoms. The fourth-order valence-electron chi connectivity index (χ4n) is 2.60. The molecule has 0 N–H and O–H groups in total. The zero-order valence-electron chi connectivity index (χ0n) is 14.7. The Morgan fingerprint density at radius 3 is 2.48 bits per heavy atom. The molecule has 1 aliphatic heterocycles. The van der Waals surface area contributed by atoms with E-state index in [9.17, 15) is 0 Å². The first-order chi connectivity index (χ1) is 11.0. The Labute approximate surface area is 150 Å². The maximum Gasteiger partial charge on any atom is 0.131 e. The van der Waals surface area contributed by atoms with E-state index in [1.807, 2.05) is 24.2 Å². The van der Waals surface area contributed by atoms with E-state index in [2.05, 4.69) is 60.9 Å². The zero-order chi connectivity index (χ0) is 16.8. The third-order valence-electron chi connectivity index (χ3n) is 4.46. The lowest BCUT2D eigenvalue weighted by Gasteiger charge is -2.24. The second kappa shape index (κ2) is 9.09. The van der Waals surface area contributed by atoms with Gasteiger partial charge in [0.1, 0.15) is 5.82 Å². The Balaban J connectivity index is 1.77. The summed E-state index contributed by atoms with van der Waals surface area (Å²) in [5.74, 6) is 3.04. The smallest absolute Gasteiger partial charge is 0.131 e. The van der Waals surface area contributed by atoms with Gasteiger partial charge in [-0.25, -0.2) is 14.3 Å². The second-order valence-corrected chi connectivity index (χ2v) is 8.69. The normalized spacial score (nSPS) is 18.8. The average molecular weight is 352 g/mol. The van der Waals surface area contributed by atoms with E-state index < -0.39 is 0 Å². The molecule has 0 bridgehead atoms. The van der Waals surface area contributed by atoms with Crippen molar-refractivity contribution < 1.29 is 0 Å². The van der Waals surface area contributed by atoms with Gasteiger partial charge >= 0.3 is 0 Å². The molecule has 2 heterocycles. The van der Waals surface area contributed by atoms with Crippen LogP contribution in [0.4, 0.5) is 0 Å². The summed E-state index contributed by atoms with van der Waals surface area (Å²) in [4.78, 5) is 9.10. The fraction of sp³-hybridized carbons (Fsp3) is 0.667. The van der Waals surface area contributed by atoms with Crippen molar-refractivity contribution in [3.8, 4) is 0 Å². The van der Waals surface area contributed by atoms with Crippen molar-refractivity contribution in [2.75, 3.05) is 18.8 Å². The number of rotatable bonds is 7. The monoisotopic (exact) mass is 351 g/mol. The van der Waals surface area contributed by atoms with Gasteiger partial charge in [0.05, 0.1) is 0 Å². The highest BCUT2D eigenvalue weighted by molar-refractivity contribution is 8.00. The van der Waals surface area contributed by atoms with Crippen LogP contribution < -0.4 is 0 Å². The topological polar surface area (TPSA) is 29.0 Å². The van der Waals surface area contributed by atoms with Gasteiger partial charge in [-0.15, -0.1) is 0 Å². The van der Waals surface area contributed by atoms with Crippen molar-refractivity contribution in [1.82, 2.24) is 14.3 Å². The van der Waals surface area contributed by atoms with Crippen LogP contribution in [0, 0.1) is 0 Å². The highest BCUT2D eigenvalue weighted by atomic mass is 32.2. The predicted molar refractivity (Wildman–Crippen MR) is 104 cm³/mol. The Morgan fingerprint density at radius 1 is 1.22 bits per heavy atom. The van der Waals surface area contributed by atoms with Crippen molar-refractivity contribution in [2.45, 2.75) is 57.6 Å². The molecule has 2 atom stereocenters. The van der Waals surface area contributed by atoms with Gasteiger partial charge in [-0.2, -0.15) is 11.8 Å². The molecular formula is C18H29N3S2. The number of aromatic nitrogens is 2. The average Bonchev–Trinajstić information content (AvgIpc) is 2.55. The molecule has 2 rings (SSSR count). The number of hydrogen-bond donors (Lipinski definition) is 1. The van der Waals surface area contributed by atoms with Crippen LogP contribution >= 0.6 is 24.6 Å². The molecule has 0 aliphatic carbocycles. The molecule has 0 spiro atoms. The van der Waals surface area contributed by atoms with Gasteiger partial charge in [0.25, 0.3) is 0 Å². The van der Waals surface area contributed by atoms with Gasteiger partial charge in [-0.3, -0.25) is 0 Å². The first-order valence-electron chi connectivity index (χ1n) is 8.53. The Bertz CT molecular complexity index is 514. The van der Waals surface area contributed by atoms with Gasteiger partial charge in [0.2, 0.25) is 0 Å². The highest BCUT2D eigenvalue weighted by Gasteiger charge is 2.16. The minimum atomic E-state index is 0.421. The maximum absolute atomic E-state index is 4.55. The summed E-state index contributed by atoms with van der Waals surface area (Å²) >= 11 is 6.44. The van der Waals surface area contributed by atoms with Crippen LogP contribution in [0.3, 0.4) is 0 Å². The minimum Gasteiger partial charge on any atom is -0.249 e. The maximum atomic E-state index is 4.55. The van der Waals surface area contributed by atoms with Crippen molar-refractivity contribution in [3.05, 3.63) is 35.4 Å². The van der Waals surface area contributed by atoms with Crippen LogP contribution in [-0.4, -0.2) is 38.4 Å². The van der Waals surface area contributed by atoms with Gasteiger partial charge in [0.15, 0.2) is 0 Å². The lowest BCUT2D eigenvalue weighted by molar-refractivity contribution is 0.501. The standard InChI is InChI=1S/C18H29N3S2/c1-13(2)17-11-19-18(20-12-17)14(3)7-10-23-15(4)16-5-8-21(22)9-6-16/h5,11-15,22H,6-10H2,1-4H3. The highest BCUT2D eigenvalue weighted by Crippen LogP contribution is 2.27. The van der Waals surface area contributed by atoms with E-state index >= 15 is 0 Å². The molecule has 0 saturated heterocycles. The summed E-state index contributed by atoms with van der Waals surface area (Å²) in [6, 6.07) is 0. The van der Waals surface area contributed by atoms with Gasteiger partial charge in [-0.05, 0) is 37.0 Å². The summed E-state index contributed by atoms with van der Waals surface area (Å²) in [5.41, 5.74) is 2.79. The van der Waals surface area contributed by atoms with E-state index in [1.165, 1.54) is 5.56 Å². The lowest BCUT2D eigenvalue weighted by Crippen LogP contribution is -2.22. The van der Waals surface area contributed by atoms with E-state index in [1.54, 1.807) is 5.57 Å². The minimum absolute atomic E-state index is 0.421. The summed E-state index contributed by atoms with van der Waals surface area (Å²) in [6.07, 6.45) is 8.57. The van der Waals surface area contributed by atoms with Gasteiger partial charge < -0.3 is 0 Å². The van der Waals surface area contributed by atoms with E-state index in [0.717, 1.165) is 37.5 Å². The first-order valence-corrected chi connectivity index (χ1v) is 9.98. The third kappa shape index (κ3) is 5.80. The molecule has 1 aromatic rings. The Morgan fingerprint density at radius 2 is 1.91 bits per heavy atom. The molecule has 2 unspecified atom stereocenters. The molecule has 0 fully saturated rings. The molecule has 0 aromatic carbocycles. The van der Waals surface area contributed by atoms with Crippen molar-refractivity contribution >= 4 is 24.6 Å². The van der Waals surface area contributed by atoms with E-state index in [4.69, 9.17) is 0 Å². The van der Waals surface area contributed by atoms with Crippen LogP contribution in [0.25, 0.3) is 0 Å². The first kappa shape index (κ1) is 18.8. The summed E-state index contributed by atoms with van der Waals surface area (Å²) in [7, 11) is 0. The molecule has 3 nitrogen and oxygen atoms in total. The molecular weight excluding hydrogens is 322 g/mol. The van der Waals surface area contributed by atoms with E-state index in [0.29, 0.717) is 17.1 Å². The second-order valence-electron chi connectivity index (χ2n) is 6.67. The number of thioether (sulfide) groups is 1. The van der Waals surface area contributed by atoms with Crippen molar-refractivity contribution in [2.24, 2.45) is 0 Å². The largest absolute Gasteiger partial charge is 0.249 e. The molecule has 0 saturated carbocycles. The molecule has 1 aromatic heterocycles. The van der Waals surface area contributed by atoms with Crippen LogP contribution in [0.5, 0.6) is 0 Å². The quantitative estimate of drug-likeness (QED) is 0.570. The summed E-state index contributed by atoms with van der Waals surface area (Å²) in [6.45, 7) is 10.9. The lowest BCUT2D eigenvalue weighted by atomic mass is 10.1. The molecule has 128 valence electrons. The van der Waals surface area contributed by atoms with Crippen LogP contribution in [0.2, 0.25) is 0 Å². The number of nitrogens with zero attached hydrogens (tertiary/aromatic N) is 3. The van der Waals surface area contributed by atoms with Crippen LogP contribution in [0.1, 0.15) is 63.8 Å². The van der Waals surface area contributed by atoms with Gasteiger partial charge in [-0.1, -0.05) is 45.2 Å². The molecule has 23 heavy (non-hydrogen) atoms. The zero-order valence-corrected chi connectivity index (χ0v) is 16.4. The van der Waals surface area contributed by atoms with E-state index in [-0.39, 0.29) is 0 Å². The fourth-order valence-corrected chi connectivity index (χ4v) is 4.05. The van der Waals surface area contributed by atoms with Crippen molar-refractivity contribution in [1.29, 1.82) is 0 Å². The molecule has 1 aliphatic rings. The third-order valence-corrected chi connectivity index (χ3v) is 6.10. The summed E-state index contributed by atoms with van der Waals surface area (Å²) < 4.78 is 2.07. The Kier molecular flexibility index (Phi) is 7.44. The predicted octanol–water partition coefficient (Wildman–Crippen LogP) is 4.69. The van der Waals surface area contributed by atoms with Crippen LogP contribution in [-0.2, 0) is 0 Å². The number of thiol groups is 1. The SMILES string of the molecule is CC(SCCC(C)c1ncc(C(C)C)cn1)C1=CCN(S)CC1. The molecule has 0 amide bonds.